The van der Waals surface area contributed by atoms with Crippen molar-refractivity contribution in [3.05, 3.63) is 112 Å². The van der Waals surface area contributed by atoms with Crippen molar-refractivity contribution < 1.29 is 18.7 Å². The highest BCUT2D eigenvalue weighted by atomic mass is 19.1. The molecule has 0 atom stereocenters. The van der Waals surface area contributed by atoms with E-state index in [4.69, 9.17) is 10.5 Å². The molecule has 0 radical (unpaired) electrons. The molecule has 0 spiro atoms. The van der Waals surface area contributed by atoms with Crippen molar-refractivity contribution in [3.63, 3.8) is 0 Å². The number of carbonyl (C=O) groups excluding carboxylic acids is 2. The largest absolute Gasteiger partial charge is 0.497 e. The normalized spacial score (nSPS) is 13.8. The van der Waals surface area contributed by atoms with Crippen molar-refractivity contribution in [1.29, 1.82) is 0 Å². The summed E-state index contributed by atoms with van der Waals surface area (Å²) in [6, 6.07) is 18.2. The maximum Gasteiger partial charge on any atom is 0.255 e. The number of benzene rings is 3. The first-order valence-corrected chi connectivity index (χ1v) is 10.2. The SMILES string of the molecule is COc1cccc(/C=C2\C=C=C(Cc3ccc(C(=O)Nc4ccc(F)cc4N)cc3)C2=O)c1. The van der Waals surface area contributed by atoms with Crippen molar-refractivity contribution in [2.24, 2.45) is 0 Å². The Labute approximate surface area is 190 Å². The van der Waals surface area contributed by atoms with Crippen LogP contribution in [0.25, 0.3) is 6.08 Å². The summed E-state index contributed by atoms with van der Waals surface area (Å²) in [6.07, 6.45) is 3.89. The molecule has 1 aliphatic rings. The minimum absolute atomic E-state index is 0.0774. The van der Waals surface area contributed by atoms with E-state index in [1.165, 1.54) is 12.1 Å². The van der Waals surface area contributed by atoms with Gasteiger partial charge in [0.1, 0.15) is 11.6 Å². The smallest absolute Gasteiger partial charge is 0.255 e. The molecule has 3 N–H and O–H groups in total. The highest BCUT2D eigenvalue weighted by Crippen LogP contribution is 2.23. The van der Waals surface area contributed by atoms with E-state index in [0.717, 1.165) is 22.9 Å². The van der Waals surface area contributed by atoms with E-state index in [2.05, 4.69) is 11.0 Å². The number of rotatable bonds is 6. The molecular formula is C27H21FN2O3. The molecule has 0 heterocycles. The number of halogens is 1. The van der Waals surface area contributed by atoms with Gasteiger partial charge in [0.15, 0.2) is 5.78 Å². The van der Waals surface area contributed by atoms with Gasteiger partial charge in [-0.25, -0.2) is 4.39 Å². The minimum Gasteiger partial charge on any atom is -0.497 e. The van der Waals surface area contributed by atoms with Crippen molar-refractivity contribution in [1.82, 2.24) is 0 Å². The van der Waals surface area contributed by atoms with E-state index in [1.807, 2.05) is 24.3 Å². The average molecular weight is 440 g/mol. The molecule has 1 amide bonds. The molecule has 0 saturated carbocycles. The fourth-order valence-electron chi connectivity index (χ4n) is 3.44. The van der Waals surface area contributed by atoms with Crippen LogP contribution in [0.1, 0.15) is 21.5 Å². The van der Waals surface area contributed by atoms with Crippen LogP contribution in [0.2, 0.25) is 0 Å². The summed E-state index contributed by atoms with van der Waals surface area (Å²) in [5, 5.41) is 2.67. The number of methoxy groups -OCH3 is 1. The van der Waals surface area contributed by atoms with Gasteiger partial charge in [0, 0.05) is 23.1 Å². The number of ketones is 1. The first kappa shape index (κ1) is 21.8. The first-order valence-electron chi connectivity index (χ1n) is 10.2. The highest BCUT2D eigenvalue weighted by Gasteiger charge is 2.18. The molecule has 0 unspecified atom stereocenters. The molecule has 6 heteroatoms. The van der Waals surface area contributed by atoms with E-state index in [9.17, 15) is 14.0 Å². The molecule has 3 aromatic rings. The van der Waals surface area contributed by atoms with Crippen LogP contribution in [0.5, 0.6) is 5.75 Å². The molecule has 0 bridgehead atoms. The van der Waals surface area contributed by atoms with Gasteiger partial charge in [-0.05, 0) is 65.7 Å². The Balaban J connectivity index is 1.41. The highest BCUT2D eigenvalue weighted by molar-refractivity contribution is 6.15. The Morgan fingerprint density at radius 2 is 1.91 bits per heavy atom. The van der Waals surface area contributed by atoms with Crippen LogP contribution in [-0.4, -0.2) is 18.8 Å². The summed E-state index contributed by atoms with van der Waals surface area (Å²) in [7, 11) is 1.60. The predicted octanol–water partition coefficient (Wildman–Crippen LogP) is 4.96. The Morgan fingerprint density at radius 1 is 1.12 bits per heavy atom. The van der Waals surface area contributed by atoms with E-state index >= 15 is 0 Å². The van der Waals surface area contributed by atoms with Gasteiger partial charge in [0.05, 0.1) is 18.5 Å². The van der Waals surface area contributed by atoms with E-state index in [1.54, 1.807) is 43.5 Å². The van der Waals surface area contributed by atoms with Crippen LogP contribution in [0, 0.1) is 5.82 Å². The summed E-state index contributed by atoms with van der Waals surface area (Å²) >= 11 is 0. The Bertz CT molecular complexity index is 1330. The summed E-state index contributed by atoms with van der Waals surface area (Å²) in [5.74, 6) is -0.190. The lowest BCUT2D eigenvalue weighted by Crippen LogP contribution is -2.13. The number of carbonyl (C=O) groups is 2. The van der Waals surface area contributed by atoms with Crippen LogP contribution in [0.15, 0.2) is 89.7 Å². The molecule has 3 aromatic carbocycles. The van der Waals surface area contributed by atoms with Crippen molar-refractivity contribution >= 4 is 29.1 Å². The number of hydrogen-bond acceptors (Lipinski definition) is 4. The third-order valence-corrected chi connectivity index (χ3v) is 5.21. The maximum absolute atomic E-state index is 13.2. The van der Waals surface area contributed by atoms with Crippen molar-refractivity contribution in [2.45, 2.75) is 6.42 Å². The van der Waals surface area contributed by atoms with Gasteiger partial charge in [0.25, 0.3) is 5.91 Å². The number of ether oxygens (including phenoxy) is 1. The van der Waals surface area contributed by atoms with E-state index in [0.29, 0.717) is 28.8 Å². The first-order chi connectivity index (χ1) is 15.9. The molecule has 1 aliphatic carbocycles. The van der Waals surface area contributed by atoms with Crippen LogP contribution < -0.4 is 15.8 Å². The zero-order valence-corrected chi connectivity index (χ0v) is 17.9. The summed E-state index contributed by atoms with van der Waals surface area (Å²) in [4.78, 5) is 25.2. The lowest BCUT2D eigenvalue weighted by atomic mass is 9.99. The molecule has 4 rings (SSSR count). The van der Waals surface area contributed by atoms with Crippen LogP contribution >= 0.6 is 0 Å². The van der Waals surface area contributed by atoms with Gasteiger partial charge >= 0.3 is 0 Å². The van der Waals surface area contributed by atoms with Crippen LogP contribution in [-0.2, 0) is 11.2 Å². The number of hydrogen-bond donors (Lipinski definition) is 2. The second kappa shape index (κ2) is 9.39. The van der Waals surface area contributed by atoms with E-state index < -0.39 is 5.82 Å². The van der Waals surface area contributed by atoms with Gasteiger partial charge in [-0.1, -0.05) is 24.3 Å². The fraction of sp³-hybridized carbons (Fsp3) is 0.0741. The topological polar surface area (TPSA) is 81.4 Å². The van der Waals surface area contributed by atoms with Gasteiger partial charge < -0.3 is 15.8 Å². The number of anilines is 2. The number of Topliss-reactive ketones (excluding diaryl/α,β-unsaturated/α-hetero) is 1. The second-order valence-corrected chi connectivity index (χ2v) is 7.53. The van der Waals surface area contributed by atoms with Gasteiger partial charge in [-0.15, -0.1) is 5.73 Å². The third-order valence-electron chi connectivity index (χ3n) is 5.21. The number of nitrogens with two attached hydrogens (primary N) is 1. The number of nitrogen functional groups attached to an aromatic ring is 1. The fourth-order valence-corrected chi connectivity index (χ4v) is 3.44. The molecule has 0 aliphatic heterocycles. The standard InChI is InChI=1S/C27H21FN2O3/c1-33-23-4-2-3-18(15-23)14-21-10-9-20(26(21)31)13-17-5-7-19(8-6-17)27(32)30-25-12-11-22(28)16-24(25)29/h2-8,10-12,14-16H,13,29H2,1H3,(H,30,32)/b21-14+. The maximum atomic E-state index is 13.2. The van der Waals surface area contributed by atoms with Gasteiger partial charge in [0.2, 0.25) is 0 Å². The molecule has 0 fully saturated rings. The van der Waals surface area contributed by atoms with E-state index in [-0.39, 0.29) is 17.4 Å². The Hall–Kier alpha value is -4.41. The molecule has 0 aromatic heterocycles. The molecule has 5 nitrogen and oxygen atoms in total. The Morgan fingerprint density at radius 3 is 2.64 bits per heavy atom. The zero-order chi connectivity index (χ0) is 23.4. The summed E-state index contributed by atoms with van der Waals surface area (Å²) < 4.78 is 18.4. The van der Waals surface area contributed by atoms with Gasteiger partial charge in [-0.2, -0.15) is 0 Å². The molecule has 0 saturated heterocycles. The lowest BCUT2D eigenvalue weighted by Gasteiger charge is -2.09. The zero-order valence-electron chi connectivity index (χ0n) is 17.9. The third kappa shape index (κ3) is 5.09. The quantitative estimate of drug-likeness (QED) is 0.323. The van der Waals surface area contributed by atoms with Crippen molar-refractivity contribution in [3.8, 4) is 5.75 Å². The van der Waals surface area contributed by atoms with Crippen molar-refractivity contribution in [2.75, 3.05) is 18.2 Å². The number of allylic oxidation sites excluding steroid dienone is 2. The number of nitrogens with one attached hydrogen (secondary N) is 1. The monoisotopic (exact) mass is 440 g/mol. The average Bonchev–Trinajstić information content (AvgIpc) is 3.15. The number of amides is 1. The van der Waals surface area contributed by atoms with Crippen LogP contribution in [0.3, 0.4) is 0 Å². The predicted molar refractivity (Wildman–Crippen MR) is 126 cm³/mol. The Kier molecular flexibility index (Phi) is 6.20. The summed E-state index contributed by atoms with van der Waals surface area (Å²) in [6.45, 7) is 0. The summed E-state index contributed by atoms with van der Waals surface area (Å²) in [5.41, 5.74) is 12.6. The molecule has 33 heavy (non-hydrogen) atoms. The second-order valence-electron chi connectivity index (χ2n) is 7.53. The minimum atomic E-state index is -0.471. The lowest BCUT2D eigenvalue weighted by molar-refractivity contribution is -0.111. The molecular weight excluding hydrogens is 419 g/mol. The molecule has 164 valence electrons. The van der Waals surface area contributed by atoms with Gasteiger partial charge in [-0.3, -0.25) is 9.59 Å². The van der Waals surface area contributed by atoms with Crippen LogP contribution in [0.4, 0.5) is 15.8 Å².